The predicted molar refractivity (Wildman–Crippen MR) is 88.6 cm³/mol. The second-order valence-corrected chi connectivity index (χ2v) is 5.93. The molecule has 3 rings (SSSR count). The molecule has 132 valence electrons. The molecule has 0 unspecified atom stereocenters. The number of halogens is 1. The third-order valence-corrected chi connectivity index (χ3v) is 4.23. The molecule has 8 heteroatoms. The fourth-order valence-electron chi connectivity index (χ4n) is 3.15. The summed E-state index contributed by atoms with van der Waals surface area (Å²) in [6.45, 7) is 2.28. The van der Waals surface area contributed by atoms with Gasteiger partial charge in [0.25, 0.3) is 0 Å². The molecule has 0 bridgehead atoms. The van der Waals surface area contributed by atoms with Gasteiger partial charge in [0.05, 0.1) is 17.5 Å². The van der Waals surface area contributed by atoms with Gasteiger partial charge >= 0.3 is 5.69 Å². The Balaban J connectivity index is 1.88. The highest BCUT2D eigenvalue weighted by molar-refractivity contribution is 5.72. The van der Waals surface area contributed by atoms with E-state index in [1.165, 1.54) is 13.0 Å². The molecule has 0 saturated carbocycles. The van der Waals surface area contributed by atoms with Gasteiger partial charge in [0.2, 0.25) is 11.7 Å². The monoisotopic (exact) mass is 347 g/mol. The second kappa shape index (κ2) is 6.92. The SMILES string of the molecule is CC(=O)NCc1ccc([C@@H]2CCCN2c2cccc(F)c2[N+](=O)[O-])o1. The topological polar surface area (TPSA) is 88.6 Å². The summed E-state index contributed by atoms with van der Waals surface area (Å²) in [4.78, 5) is 23.4. The summed E-state index contributed by atoms with van der Waals surface area (Å²) in [6.07, 6.45) is 1.57. The minimum atomic E-state index is -0.848. The van der Waals surface area contributed by atoms with Crippen molar-refractivity contribution in [1.82, 2.24) is 5.32 Å². The molecule has 0 radical (unpaired) electrons. The average Bonchev–Trinajstić information content (AvgIpc) is 3.21. The minimum absolute atomic E-state index is 0.157. The quantitative estimate of drug-likeness (QED) is 0.662. The Kier molecular flexibility index (Phi) is 4.69. The van der Waals surface area contributed by atoms with Crippen LogP contribution in [0.25, 0.3) is 0 Å². The zero-order chi connectivity index (χ0) is 18.0. The summed E-state index contributed by atoms with van der Waals surface area (Å²) < 4.78 is 19.7. The van der Waals surface area contributed by atoms with Gasteiger partial charge in [-0.05, 0) is 37.1 Å². The largest absolute Gasteiger partial charge is 0.462 e. The Morgan fingerprint density at radius 3 is 2.96 bits per heavy atom. The van der Waals surface area contributed by atoms with E-state index in [1.807, 2.05) is 4.90 Å². The number of rotatable bonds is 5. The molecule has 2 heterocycles. The molecular formula is C17H18FN3O4. The van der Waals surface area contributed by atoms with Crippen LogP contribution >= 0.6 is 0 Å². The molecule has 1 aromatic heterocycles. The number of amides is 1. The number of hydrogen-bond donors (Lipinski definition) is 1. The first-order valence-electron chi connectivity index (χ1n) is 8.00. The van der Waals surface area contributed by atoms with Crippen molar-refractivity contribution in [2.75, 3.05) is 11.4 Å². The Labute approximate surface area is 143 Å². The van der Waals surface area contributed by atoms with Crippen LogP contribution in [0.3, 0.4) is 0 Å². The summed E-state index contributed by atoms with van der Waals surface area (Å²) >= 11 is 0. The molecule has 2 aromatic rings. The number of nitrogens with one attached hydrogen (secondary N) is 1. The summed E-state index contributed by atoms with van der Waals surface area (Å²) in [5.74, 6) is 0.247. The van der Waals surface area contributed by atoms with Crippen molar-refractivity contribution in [3.05, 3.63) is 57.8 Å². The minimum Gasteiger partial charge on any atom is -0.462 e. The molecule has 0 spiro atoms. The molecule has 1 aliphatic rings. The fraction of sp³-hybridized carbons (Fsp3) is 0.353. The van der Waals surface area contributed by atoms with Gasteiger partial charge in [-0.15, -0.1) is 0 Å². The average molecular weight is 347 g/mol. The number of carbonyl (C=O) groups is 1. The van der Waals surface area contributed by atoms with Crippen LogP contribution in [-0.2, 0) is 11.3 Å². The molecular weight excluding hydrogens is 329 g/mol. The molecule has 1 saturated heterocycles. The van der Waals surface area contributed by atoms with Crippen LogP contribution in [0.5, 0.6) is 0 Å². The summed E-state index contributed by atoms with van der Waals surface area (Å²) in [5.41, 5.74) is -0.258. The smallest absolute Gasteiger partial charge is 0.327 e. The number of benzene rings is 1. The van der Waals surface area contributed by atoms with Gasteiger partial charge in [-0.25, -0.2) is 0 Å². The van der Waals surface area contributed by atoms with Gasteiger partial charge in [-0.2, -0.15) is 4.39 Å². The number of nitrogens with zero attached hydrogens (tertiary/aromatic N) is 2. The first-order chi connectivity index (χ1) is 12.0. The van der Waals surface area contributed by atoms with Crippen molar-refractivity contribution >= 4 is 17.3 Å². The summed E-state index contributed by atoms with van der Waals surface area (Å²) in [5, 5.41) is 13.9. The lowest BCUT2D eigenvalue weighted by atomic mass is 10.1. The van der Waals surface area contributed by atoms with Crippen molar-refractivity contribution < 1.29 is 18.5 Å². The van der Waals surface area contributed by atoms with Gasteiger partial charge in [0.1, 0.15) is 17.2 Å². The third kappa shape index (κ3) is 3.47. The maximum atomic E-state index is 13.9. The van der Waals surface area contributed by atoms with Crippen molar-refractivity contribution in [2.24, 2.45) is 0 Å². The van der Waals surface area contributed by atoms with Crippen LogP contribution < -0.4 is 10.2 Å². The summed E-state index contributed by atoms with van der Waals surface area (Å²) in [7, 11) is 0. The Morgan fingerprint density at radius 1 is 1.44 bits per heavy atom. The lowest BCUT2D eigenvalue weighted by Gasteiger charge is -2.25. The zero-order valence-electron chi connectivity index (χ0n) is 13.7. The molecule has 1 aromatic carbocycles. The van der Waals surface area contributed by atoms with E-state index in [-0.39, 0.29) is 24.2 Å². The van der Waals surface area contributed by atoms with Crippen molar-refractivity contribution in [1.29, 1.82) is 0 Å². The number of hydrogen-bond acceptors (Lipinski definition) is 5. The van der Waals surface area contributed by atoms with E-state index in [9.17, 15) is 19.3 Å². The summed E-state index contributed by atoms with van der Waals surface area (Å²) in [6, 6.07) is 7.47. The number of nitro groups is 1. The van der Waals surface area contributed by atoms with Gasteiger partial charge in [0.15, 0.2) is 0 Å². The van der Waals surface area contributed by atoms with Crippen molar-refractivity contribution in [3.8, 4) is 0 Å². The van der Waals surface area contributed by atoms with Crippen LogP contribution in [0.15, 0.2) is 34.7 Å². The maximum Gasteiger partial charge on any atom is 0.327 e. The van der Waals surface area contributed by atoms with Gasteiger partial charge < -0.3 is 14.6 Å². The number of para-hydroxylation sites is 1. The van der Waals surface area contributed by atoms with Crippen LogP contribution in [0.1, 0.15) is 37.3 Å². The highest BCUT2D eigenvalue weighted by Gasteiger charge is 2.34. The van der Waals surface area contributed by atoms with Crippen LogP contribution in [0.2, 0.25) is 0 Å². The van der Waals surface area contributed by atoms with Gasteiger partial charge in [-0.3, -0.25) is 14.9 Å². The van der Waals surface area contributed by atoms with Gasteiger partial charge in [-0.1, -0.05) is 6.07 Å². The first kappa shape index (κ1) is 16.9. The highest BCUT2D eigenvalue weighted by atomic mass is 19.1. The normalized spacial score (nSPS) is 16.9. The number of anilines is 1. The molecule has 25 heavy (non-hydrogen) atoms. The standard InChI is InChI=1S/C17H18FN3O4/c1-11(22)19-10-12-7-8-16(25-12)14-6-3-9-20(14)15-5-2-4-13(18)17(15)21(23)24/h2,4-5,7-8,14H,3,6,9-10H2,1H3,(H,19,22)/t14-/m0/s1. The van der Waals surface area contributed by atoms with E-state index < -0.39 is 16.4 Å². The Morgan fingerprint density at radius 2 is 2.24 bits per heavy atom. The van der Waals surface area contributed by atoms with E-state index in [1.54, 1.807) is 18.2 Å². The first-order valence-corrected chi connectivity index (χ1v) is 8.00. The lowest BCUT2D eigenvalue weighted by molar-refractivity contribution is -0.386. The van der Waals surface area contributed by atoms with Crippen LogP contribution in [0, 0.1) is 15.9 Å². The molecule has 1 fully saturated rings. The molecule has 0 aliphatic carbocycles. The molecule has 1 atom stereocenters. The van der Waals surface area contributed by atoms with E-state index in [2.05, 4.69) is 5.32 Å². The Hall–Kier alpha value is -2.90. The molecule has 7 nitrogen and oxygen atoms in total. The Bertz CT molecular complexity index is 805. The molecule has 1 N–H and O–H groups in total. The lowest BCUT2D eigenvalue weighted by Crippen LogP contribution is -2.23. The number of furan rings is 1. The molecule has 1 amide bonds. The number of nitro benzene ring substituents is 1. The number of carbonyl (C=O) groups excluding carboxylic acids is 1. The third-order valence-electron chi connectivity index (χ3n) is 4.23. The van der Waals surface area contributed by atoms with Crippen molar-refractivity contribution in [2.45, 2.75) is 32.4 Å². The van der Waals surface area contributed by atoms with Crippen molar-refractivity contribution in [3.63, 3.8) is 0 Å². The zero-order valence-corrected chi connectivity index (χ0v) is 13.7. The molecule has 1 aliphatic heterocycles. The van der Waals surface area contributed by atoms with Crippen LogP contribution in [-0.4, -0.2) is 17.4 Å². The van der Waals surface area contributed by atoms with E-state index in [0.717, 1.165) is 18.9 Å². The van der Waals surface area contributed by atoms with Crippen LogP contribution in [0.4, 0.5) is 15.8 Å². The van der Waals surface area contributed by atoms with E-state index in [0.29, 0.717) is 18.1 Å². The fourth-order valence-corrected chi connectivity index (χ4v) is 3.15. The van der Waals surface area contributed by atoms with E-state index >= 15 is 0 Å². The van der Waals surface area contributed by atoms with E-state index in [4.69, 9.17) is 4.42 Å². The van der Waals surface area contributed by atoms with Gasteiger partial charge in [0, 0.05) is 13.5 Å². The second-order valence-electron chi connectivity index (χ2n) is 5.93. The predicted octanol–water partition coefficient (Wildman–Crippen LogP) is 3.30. The highest BCUT2D eigenvalue weighted by Crippen LogP contribution is 2.41. The maximum absolute atomic E-state index is 13.9.